The van der Waals surface area contributed by atoms with Gasteiger partial charge in [-0.25, -0.2) is 0 Å². The first-order chi connectivity index (χ1) is 7.84. The van der Waals surface area contributed by atoms with Crippen molar-refractivity contribution in [3.8, 4) is 11.3 Å². The minimum absolute atomic E-state index is 0.0152. The van der Waals surface area contributed by atoms with E-state index in [1.807, 2.05) is 40.9 Å². The summed E-state index contributed by atoms with van der Waals surface area (Å²) in [4.78, 5) is 14.3. The Bertz CT molecular complexity index is 680. The van der Waals surface area contributed by atoms with Crippen molar-refractivity contribution in [2.24, 2.45) is 0 Å². The van der Waals surface area contributed by atoms with E-state index >= 15 is 0 Å². The van der Waals surface area contributed by atoms with E-state index in [-0.39, 0.29) is 5.43 Å². The maximum absolute atomic E-state index is 11.2. The fraction of sp³-hybridized carbons (Fsp3) is 0. The molecule has 0 atom stereocenters. The van der Waals surface area contributed by atoms with Gasteiger partial charge in [-0.05, 0) is 0 Å². The lowest BCUT2D eigenvalue weighted by atomic mass is 10.2. The Morgan fingerprint density at radius 1 is 1.06 bits per heavy atom. The molecule has 0 fully saturated rings. The van der Waals surface area contributed by atoms with Crippen LogP contribution in [0.25, 0.3) is 16.9 Å². The van der Waals surface area contributed by atoms with Gasteiger partial charge in [0.1, 0.15) is 5.65 Å². The molecule has 0 unspecified atom stereocenters. The molecular formula is C13H10N2O. The minimum Gasteiger partial charge on any atom is -0.346 e. The maximum Gasteiger partial charge on any atom is 0.183 e. The number of rotatable bonds is 1. The molecule has 0 aliphatic carbocycles. The van der Waals surface area contributed by atoms with Crippen molar-refractivity contribution >= 4 is 5.65 Å². The number of imidazole rings is 1. The van der Waals surface area contributed by atoms with Crippen molar-refractivity contribution in [3.63, 3.8) is 0 Å². The lowest BCUT2D eigenvalue weighted by Crippen LogP contribution is -1.99. The lowest BCUT2D eigenvalue weighted by Gasteiger charge is -2.00. The van der Waals surface area contributed by atoms with E-state index in [4.69, 9.17) is 0 Å². The average Bonchev–Trinajstić information content (AvgIpc) is 2.73. The van der Waals surface area contributed by atoms with Gasteiger partial charge in [0.05, 0.1) is 5.69 Å². The van der Waals surface area contributed by atoms with Crippen LogP contribution in [0.5, 0.6) is 0 Å². The van der Waals surface area contributed by atoms with Gasteiger partial charge >= 0.3 is 0 Å². The second-order valence-corrected chi connectivity index (χ2v) is 3.66. The molecule has 0 bridgehead atoms. The van der Waals surface area contributed by atoms with Crippen LogP contribution < -0.4 is 5.43 Å². The number of nitrogens with one attached hydrogen (secondary N) is 1. The molecule has 3 aromatic rings. The summed E-state index contributed by atoms with van der Waals surface area (Å²) >= 11 is 0. The van der Waals surface area contributed by atoms with Gasteiger partial charge in [-0.2, -0.15) is 0 Å². The summed E-state index contributed by atoms with van der Waals surface area (Å²) in [5.74, 6) is 0. The normalized spacial score (nSPS) is 10.8. The molecule has 16 heavy (non-hydrogen) atoms. The zero-order valence-corrected chi connectivity index (χ0v) is 8.55. The van der Waals surface area contributed by atoms with Crippen molar-refractivity contribution in [3.05, 3.63) is 65.1 Å². The first-order valence-electron chi connectivity index (χ1n) is 5.10. The highest BCUT2D eigenvalue weighted by Gasteiger charge is 2.03. The van der Waals surface area contributed by atoms with Gasteiger partial charge in [0.2, 0.25) is 0 Å². The van der Waals surface area contributed by atoms with E-state index in [0.717, 1.165) is 16.9 Å². The van der Waals surface area contributed by atoms with Crippen molar-refractivity contribution in [2.75, 3.05) is 0 Å². The van der Waals surface area contributed by atoms with Crippen LogP contribution in [0.15, 0.2) is 59.7 Å². The van der Waals surface area contributed by atoms with Crippen molar-refractivity contribution in [2.45, 2.75) is 0 Å². The Morgan fingerprint density at radius 2 is 1.88 bits per heavy atom. The van der Waals surface area contributed by atoms with Crippen LogP contribution in [0, 0.1) is 0 Å². The molecule has 0 saturated carbocycles. The molecule has 1 aromatic carbocycles. The van der Waals surface area contributed by atoms with Crippen molar-refractivity contribution < 1.29 is 0 Å². The Morgan fingerprint density at radius 3 is 2.69 bits per heavy atom. The standard InChI is InChI=1S/C13H10N2O/c16-11-6-7-15-12(9-14-13(15)8-11)10-4-2-1-3-5-10/h1-9,14H. The highest BCUT2D eigenvalue weighted by atomic mass is 16.1. The summed E-state index contributed by atoms with van der Waals surface area (Å²) in [7, 11) is 0. The van der Waals surface area contributed by atoms with Crippen LogP contribution in [0.2, 0.25) is 0 Å². The molecule has 78 valence electrons. The Balaban J connectivity index is 2.30. The molecule has 3 nitrogen and oxygen atoms in total. The number of aromatic amines is 1. The van der Waals surface area contributed by atoms with E-state index in [2.05, 4.69) is 4.98 Å². The summed E-state index contributed by atoms with van der Waals surface area (Å²) in [5.41, 5.74) is 3.00. The van der Waals surface area contributed by atoms with E-state index in [9.17, 15) is 4.79 Å². The number of benzene rings is 1. The Kier molecular flexibility index (Phi) is 1.90. The van der Waals surface area contributed by atoms with Crippen LogP contribution in [-0.4, -0.2) is 9.38 Å². The van der Waals surface area contributed by atoms with Crippen molar-refractivity contribution in [1.82, 2.24) is 9.38 Å². The van der Waals surface area contributed by atoms with E-state index in [0.29, 0.717) is 0 Å². The number of fused-ring (bicyclic) bond motifs is 1. The average molecular weight is 210 g/mol. The third-order valence-corrected chi connectivity index (χ3v) is 2.61. The number of nitrogens with zero attached hydrogens (tertiary/aromatic N) is 1. The molecule has 3 rings (SSSR count). The summed E-state index contributed by atoms with van der Waals surface area (Å²) in [6.07, 6.45) is 3.70. The third kappa shape index (κ3) is 1.34. The molecule has 1 N–H and O–H groups in total. The van der Waals surface area contributed by atoms with Crippen LogP contribution in [0.3, 0.4) is 0 Å². The summed E-state index contributed by atoms with van der Waals surface area (Å²) in [6.45, 7) is 0. The number of H-pyrrole nitrogens is 1. The molecule has 0 radical (unpaired) electrons. The fourth-order valence-corrected chi connectivity index (χ4v) is 1.85. The highest BCUT2D eigenvalue weighted by Crippen LogP contribution is 2.19. The predicted molar refractivity (Wildman–Crippen MR) is 63.5 cm³/mol. The molecule has 0 aliphatic heterocycles. The van der Waals surface area contributed by atoms with Crippen LogP contribution in [0.1, 0.15) is 0 Å². The molecule has 0 spiro atoms. The minimum atomic E-state index is 0.0152. The topological polar surface area (TPSA) is 37.3 Å². The number of hydrogen-bond acceptors (Lipinski definition) is 1. The smallest absolute Gasteiger partial charge is 0.183 e. The van der Waals surface area contributed by atoms with Gasteiger partial charge in [0.15, 0.2) is 5.43 Å². The van der Waals surface area contributed by atoms with E-state index < -0.39 is 0 Å². The second kappa shape index (κ2) is 3.38. The third-order valence-electron chi connectivity index (χ3n) is 2.61. The molecule has 0 aliphatic rings. The largest absolute Gasteiger partial charge is 0.346 e. The van der Waals surface area contributed by atoms with Crippen LogP contribution >= 0.6 is 0 Å². The van der Waals surface area contributed by atoms with Gasteiger partial charge in [-0.1, -0.05) is 30.3 Å². The number of pyridine rings is 1. The van der Waals surface area contributed by atoms with Crippen LogP contribution in [0.4, 0.5) is 0 Å². The zero-order chi connectivity index (χ0) is 11.0. The van der Waals surface area contributed by atoms with Crippen molar-refractivity contribution in [1.29, 1.82) is 0 Å². The van der Waals surface area contributed by atoms with E-state index in [1.165, 1.54) is 0 Å². The molecule has 3 heteroatoms. The maximum atomic E-state index is 11.2. The highest BCUT2D eigenvalue weighted by molar-refractivity contribution is 5.63. The number of aromatic nitrogens is 2. The quantitative estimate of drug-likeness (QED) is 0.657. The molecule has 2 heterocycles. The number of hydrogen-bond donors (Lipinski definition) is 1. The molecule has 0 saturated heterocycles. The zero-order valence-electron chi connectivity index (χ0n) is 8.55. The summed E-state index contributed by atoms with van der Waals surface area (Å²) in [5, 5.41) is 0. The molecular weight excluding hydrogens is 200 g/mol. The SMILES string of the molecule is O=c1ccn2c(-c3ccccc3)c[nH]c2c1. The van der Waals surface area contributed by atoms with Gasteiger partial charge in [0.25, 0.3) is 0 Å². The summed E-state index contributed by atoms with van der Waals surface area (Å²) < 4.78 is 1.97. The van der Waals surface area contributed by atoms with Gasteiger partial charge < -0.3 is 9.38 Å². The second-order valence-electron chi connectivity index (χ2n) is 3.66. The Labute approximate surface area is 92.0 Å². The first-order valence-corrected chi connectivity index (χ1v) is 5.10. The summed E-state index contributed by atoms with van der Waals surface area (Å²) in [6, 6.07) is 13.2. The molecule has 0 amide bonds. The van der Waals surface area contributed by atoms with E-state index in [1.54, 1.807) is 18.3 Å². The van der Waals surface area contributed by atoms with Gasteiger partial charge in [-0.15, -0.1) is 0 Å². The fourth-order valence-electron chi connectivity index (χ4n) is 1.85. The lowest BCUT2D eigenvalue weighted by molar-refractivity contribution is 1.18. The van der Waals surface area contributed by atoms with Gasteiger partial charge in [-0.3, -0.25) is 4.79 Å². The Hall–Kier alpha value is -2.29. The molecule has 2 aromatic heterocycles. The monoisotopic (exact) mass is 210 g/mol. The predicted octanol–water partition coefficient (Wildman–Crippen LogP) is 2.29. The van der Waals surface area contributed by atoms with Gasteiger partial charge in [0, 0.05) is 30.1 Å². The van der Waals surface area contributed by atoms with Crippen LogP contribution in [-0.2, 0) is 0 Å². The first kappa shape index (κ1) is 8.97.